The van der Waals surface area contributed by atoms with Crippen molar-refractivity contribution in [2.75, 3.05) is 31.2 Å². The Morgan fingerprint density at radius 1 is 1.23 bits per heavy atom. The van der Waals surface area contributed by atoms with Crippen molar-refractivity contribution in [3.63, 3.8) is 0 Å². The molecule has 4 N–H and O–H groups in total. The second-order valence-corrected chi connectivity index (χ2v) is 8.11. The number of anilines is 1. The molecule has 4 rings (SSSR count). The van der Waals surface area contributed by atoms with Crippen LogP contribution in [0.2, 0.25) is 0 Å². The molecule has 0 unspecified atom stereocenters. The van der Waals surface area contributed by atoms with Crippen molar-refractivity contribution in [2.45, 2.75) is 6.92 Å². The molecule has 7 nitrogen and oxygen atoms in total. The van der Waals surface area contributed by atoms with Crippen molar-refractivity contribution in [1.29, 1.82) is 0 Å². The van der Waals surface area contributed by atoms with Gasteiger partial charge in [0.15, 0.2) is 5.82 Å². The number of thiophene rings is 1. The first-order valence-electron chi connectivity index (χ1n) is 9.65. The maximum Gasteiger partial charge on any atom is 0.258 e. The smallest absolute Gasteiger partial charge is 0.258 e. The molecule has 1 aliphatic heterocycles. The summed E-state index contributed by atoms with van der Waals surface area (Å²) in [5.74, 6) is 0.0935. The van der Waals surface area contributed by atoms with Crippen LogP contribution in [0.1, 0.15) is 20.8 Å². The number of benzene rings is 1. The molecule has 8 heteroatoms. The number of nitrogens with zero attached hydrogens (tertiary/aromatic N) is 3. The number of fused-ring (bicyclic) bond motifs is 1. The lowest BCUT2D eigenvalue weighted by atomic mass is 10.1. The van der Waals surface area contributed by atoms with E-state index in [-0.39, 0.29) is 0 Å². The zero-order valence-electron chi connectivity index (χ0n) is 16.7. The Morgan fingerprint density at radius 2 is 2.03 bits per heavy atom. The van der Waals surface area contributed by atoms with Crippen LogP contribution in [0.15, 0.2) is 47.5 Å². The number of aryl methyl sites for hydroxylation is 1. The quantitative estimate of drug-likeness (QED) is 0.615. The van der Waals surface area contributed by atoms with Crippen LogP contribution in [0.25, 0.3) is 15.9 Å². The number of ether oxygens (including phenoxy) is 1. The van der Waals surface area contributed by atoms with Gasteiger partial charge in [0.1, 0.15) is 0 Å². The summed E-state index contributed by atoms with van der Waals surface area (Å²) < 4.78 is 6.40. The van der Waals surface area contributed by atoms with E-state index in [1.165, 1.54) is 11.3 Å². The minimum Gasteiger partial charge on any atom is -0.398 e. The second-order valence-electron chi connectivity index (χ2n) is 7.06. The lowest BCUT2D eigenvalue weighted by Crippen LogP contribution is -2.36. The Bertz CT molecular complexity index is 1150. The van der Waals surface area contributed by atoms with Crippen LogP contribution in [0.5, 0.6) is 0 Å². The molecule has 0 bridgehead atoms. The monoisotopic (exact) mass is 421 g/mol. The first kappa shape index (κ1) is 20.1. The van der Waals surface area contributed by atoms with Gasteiger partial charge in [0.05, 0.1) is 34.0 Å². The maximum absolute atomic E-state index is 11.7. The number of pyridine rings is 1. The summed E-state index contributed by atoms with van der Waals surface area (Å²) in [7, 11) is 0. The van der Waals surface area contributed by atoms with Crippen molar-refractivity contribution < 1.29 is 9.53 Å². The Balaban J connectivity index is 1.68. The van der Waals surface area contributed by atoms with E-state index in [1.807, 2.05) is 37.3 Å². The van der Waals surface area contributed by atoms with Crippen molar-refractivity contribution in [2.24, 2.45) is 16.5 Å². The minimum atomic E-state index is -0.454. The number of hydrogen-bond acceptors (Lipinski definition) is 7. The number of hydrogen-bond donors (Lipinski definition) is 2. The Labute approximate surface area is 178 Å². The van der Waals surface area contributed by atoms with Crippen LogP contribution in [0, 0.1) is 6.92 Å². The van der Waals surface area contributed by atoms with E-state index in [0.29, 0.717) is 35.1 Å². The Morgan fingerprint density at radius 3 is 2.77 bits per heavy atom. The lowest BCUT2D eigenvalue weighted by molar-refractivity contribution is 0.100. The van der Waals surface area contributed by atoms with E-state index in [0.717, 1.165) is 34.6 Å². The molecule has 0 atom stereocenters. The van der Waals surface area contributed by atoms with E-state index >= 15 is 0 Å². The number of aromatic nitrogens is 1. The fourth-order valence-electron chi connectivity index (χ4n) is 3.33. The number of rotatable bonds is 5. The summed E-state index contributed by atoms with van der Waals surface area (Å²) in [6.07, 6.45) is 3.41. The molecule has 154 valence electrons. The second kappa shape index (κ2) is 8.64. The highest BCUT2D eigenvalue weighted by Gasteiger charge is 2.19. The average molecular weight is 422 g/mol. The summed E-state index contributed by atoms with van der Waals surface area (Å²) in [6, 6.07) is 11.6. The zero-order chi connectivity index (χ0) is 21.1. The fourth-order valence-corrected chi connectivity index (χ4v) is 4.33. The van der Waals surface area contributed by atoms with Crippen molar-refractivity contribution in [3.8, 4) is 0 Å². The van der Waals surface area contributed by atoms with E-state index < -0.39 is 5.91 Å². The number of primary amides is 1. The molecular formula is C22H23N5O2S. The summed E-state index contributed by atoms with van der Waals surface area (Å²) >= 11 is 1.36. The molecule has 30 heavy (non-hydrogen) atoms. The van der Waals surface area contributed by atoms with Gasteiger partial charge in [-0.05, 0) is 30.7 Å². The third-order valence-corrected chi connectivity index (χ3v) is 6.01. The van der Waals surface area contributed by atoms with Crippen LogP contribution in [0.3, 0.4) is 0 Å². The maximum atomic E-state index is 11.7. The first-order chi connectivity index (χ1) is 14.5. The van der Waals surface area contributed by atoms with E-state index in [1.54, 1.807) is 18.4 Å². The summed E-state index contributed by atoms with van der Waals surface area (Å²) in [5, 5.41) is 0. The standard InChI is InChI=1S/C22H23N5O2S/c1-14-3-2-4-15(11-14)16(23)5-6-25-20-13-18(27-7-9-29-10-8-27)21-17(26-20)12-19(30-21)22(24)28/h2-6,11-13H,7-10,23H2,1H3,(H2,24,28)/b16-5-,25-6?. The summed E-state index contributed by atoms with van der Waals surface area (Å²) in [4.78, 5) is 23.5. The summed E-state index contributed by atoms with van der Waals surface area (Å²) in [6.45, 7) is 4.88. The molecule has 3 aromatic rings. The van der Waals surface area contributed by atoms with Gasteiger partial charge in [-0.3, -0.25) is 4.79 Å². The molecule has 0 aliphatic carbocycles. The molecule has 1 aromatic carbocycles. The Hall–Kier alpha value is -3.23. The number of amides is 1. The van der Waals surface area contributed by atoms with Crippen molar-refractivity contribution in [3.05, 3.63) is 58.5 Å². The number of carbonyl (C=O) groups is 1. The van der Waals surface area contributed by atoms with Crippen LogP contribution in [-0.4, -0.2) is 43.4 Å². The molecular weight excluding hydrogens is 398 g/mol. The van der Waals surface area contributed by atoms with Gasteiger partial charge in [0.2, 0.25) is 0 Å². The van der Waals surface area contributed by atoms with E-state index in [9.17, 15) is 4.79 Å². The number of allylic oxidation sites excluding steroid dienone is 1. The lowest BCUT2D eigenvalue weighted by Gasteiger charge is -2.29. The predicted octanol–water partition coefficient (Wildman–Crippen LogP) is 3.24. The highest BCUT2D eigenvalue weighted by Crippen LogP contribution is 2.36. The van der Waals surface area contributed by atoms with Gasteiger partial charge in [-0.2, -0.15) is 0 Å². The SMILES string of the molecule is Cc1cccc(/C(N)=C/C=Nc2cc(N3CCOCC3)c3sc(C(N)=O)cc3n2)c1. The third kappa shape index (κ3) is 4.34. The largest absolute Gasteiger partial charge is 0.398 e. The highest BCUT2D eigenvalue weighted by atomic mass is 32.1. The normalized spacial score (nSPS) is 15.2. The van der Waals surface area contributed by atoms with Gasteiger partial charge in [-0.15, -0.1) is 11.3 Å². The number of nitrogens with two attached hydrogens (primary N) is 2. The topological polar surface area (TPSA) is 107 Å². The number of morpholine rings is 1. The fraction of sp³-hybridized carbons (Fsp3) is 0.227. The molecule has 0 saturated carbocycles. The Kier molecular flexibility index (Phi) is 5.78. The molecule has 1 aliphatic rings. The molecule has 1 saturated heterocycles. The van der Waals surface area contributed by atoms with E-state index in [2.05, 4.69) is 14.9 Å². The van der Waals surface area contributed by atoms with Crippen LogP contribution < -0.4 is 16.4 Å². The van der Waals surface area contributed by atoms with Gasteiger partial charge in [0, 0.05) is 31.1 Å². The van der Waals surface area contributed by atoms with Gasteiger partial charge < -0.3 is 21.1 Å². The molecule has 1 fully saturated rings. The van der Waals surface area contributed by atoms with Gasteiger partial charge in [0.25, 0.3) is 5.91 Å². The van der Waals surface area contributed by atoms with Gasteiger partial charge in [-0.25, -0.2) is 9.98 Å². The van der Waals surface area contributed by atoms with Crippen LogP contribution in [0.4, 0.5) is 11.5 Å². The first-order valence-corrected chi connectivity index (χ1v) is 10.5. The minimum absolute atomic E-state index is 0.454. The molecule has 0 spiro atoms. The van der Waals surface area contributed by atoms with Crippen LogP contribution in [-0.2, 0) is 4.74 Å². The predicted molar refractivity (Wildman–Crippen MR) is 123 cm³/mol. The number of carbonyl (C=O) groups excluding carboxylic acids is 1. The van der Waals surface area contributed by atoms with Crippen LogP contribution >= 0.6 is 11.3 Å². The van der Waals surface area contributed by atoms with Gasteiger partial charge in [-0.1, -0.05) is 23.8 Å². The molecule has 1 amide bonds. The van der Waals surface area contributed by atoms with E-state index in [4.69, 9.17) is 16.2 Å². The van der Waals surface area contributed by atoms with Gasteiger partial charge >= 0.3 is 0 Å². The highest BCUT2D eigenvalue weighted by molar-refractivity contribution is 7.21. The van der Waals surface area contributed by atoms with Crippen molar-refractivity contribution >= 4 is 50.9 Å². The molecule has 2 aromatic heterocycles. The molecule has 3 heterocycles. The molecule has 0 radical (unpaired) electrons. The average Bonchev–Trinajstić information content (AvgIpc) is 3.18. The number of aliphatic imine (C=N–C) groups is 1. The zero-order valence-corrected chi connectivity index (χ0v) is 17.5. The third-order valence-electron chi connectivity index (χ3n) is 4.85. The van der Waals surface area contributed by atoms with Crippen molar-refractivity contribution in [1.82, 2.24) is 4.98 Å². The summed E-state index contributed by atoms with van der Waals surface area (Å²) in [5.41, 5.74) is 16.1.